The molecule has 3 N–H and O–H groups in total. The summed E-state index contributed by atoms with van der Waals surface area (Å²) in [6, 6.07) is 0. The lowest BCUT2D eigenvalue weighted by Crippen LogP contribution is -2.00. The van der Waals surface area contributed by atoms with Crippen LogP contribution < -0.4 is 0 Å². The molecule has 0 unspecified atom stereocenters. The van der Waals surface area contributed by atoms with Crippen molar-refractivity contribution in [1.29, 1.82) is 0 Å². The van der Waals surface area contributed by atoms with Crippen LogP contribution in [0.5, 0.6) is 0 Å². The second-order valence-electron chi connectivity index (χ2n) is 7.69. The van der Waals surface area contributed by atoms with Gasteiger partial charge in [-0.25, -0.2) is 4.79 Å². The molecule has 4 nitrogen and oxygen atoms in total. The molecule has 0 saturated heterocycles. The predicted octanol–water partition coefficient (Wildman–Crippen LogP) is 6.47. The Kier molecular flexibility index (Phi) is 17.9. The molecule has 0 aliphatic rings. The van der Waals surface area contributed by atoms with Crippen molar-refractivity contribution in [3.63, 3.8) is 0 Å². The fourth-order valence-corrected chi connectivity index (χ4v) is 2.99. The van der Waals surface area contributed by atoms with Gasteiger partial charge in [0.1, 0.15) is 0 Å². The molecule has 0 aromatic carbocycles. The largest absolute Gasteiger partial charge is 0.478 e. The fraction of sp³-hybridized carbons (Fsp3) is 0.850. The number of aliphatic carboxylic acids is 1. The molecule has 0 saturated carbocycles. The van der Waals surface area contributed by atoms with Crippen molar-refractivity contribution >= 4 is 5.97 Å². The number of hydrogen-bond donors (Lipinski definition) is 3. The standard InChI is InChI=1S/C20H38O2.H2O2/c1-16(2)9-6-10-17(3)11-7-12-18(4)13-8-14-19(5)15-20(21)22;1-2/h15-18H,6-14H2,1-5H3,(H,21,22);1-2H/b19-15+;/t17-,18-;/m1./s1. The molecule has 0 spiro atoms. The molecule has 0 fully saturated rings. The molecule has 24 heavy (non-hydrogen) atoms. The van der Waals surface area contributed by atoms with E-state index in [1.54, 1.807) is 0 Å². The smallest absolute Gasteiger partial charge is 0.328 e. The maximum Gasteiger partial charge on any atom is 0.328 e. The molecule has 0 amide bonds. The summed E-state index contributed by atoms with van der Waals surface area (Å²) in [5, 5.41) is 20.7. The SMILES string of the molecule is C/C(=C\C(=O)O)CCC[C@H](C)CCC[C@H](C)CCCC(C)C.OO. The summed E-state index contributed by atoms with van der Waals surface area (Å²) in [6.45, 7) is 11.3. The van der Waals surface area contributed by atoms with Gasteiger partial charge >= 0.3 is 5.97 Å². The maximum atomic E-state index is 10.5. The maximum absolute atomic E-state index is 10.5. The van der Waals surface area contributed by atoms with E-state index in [9.17, 15) is 4.79 Å². The highest BCUT2D eigenvalue weighted by molar-refractivity contribution is 5.80. The number of hydrogen-bond acceptors (Lipinski definition) is 3. The average molecular weight is 345 g/mol. The summed E-state index contributed by atoms with van der Waals surface area (Å²) < 4.78 is 0. The first kappa shape index (κ1) is 25.4. The number of carbonyl (C=O) groups is 1. The first-order valence-electron chi connectivity index (χ1n) is 9.41. The van der Waals surface area contributed by atoms with Crippen LogP contribution in [0.4, 0.5) is 0 Å². The third-order valence-electron chi connectivity index (χ3n) is 4.51. The summed E-state index contributed by atoms with van der Waals surface area (Å²) in [7, 11) is 0. The average Bonchev–Trinajstić information content (AvgIpc) is 2.48. The monoisotopic (exact) mass is 344 g/mol. The predicted molar refractivity (Wildman–Crippen MR) is 101 cm³/mol. The fourth-order valence-electron chi connectivity index (χ4n) is 2.99. The minimum Gasteiger partial charge on any atom is -0.478 e. The summed E-state index contributed by atoms with van der Waals surface area (Å²) in [6.07, 6.45) is 12.7. The second-order valence-corrected chi connectivity index (χ2v) is 7.69. The number of carboxylic acids is 1. The summed E-state index contributed by atoms with van der Waals surface area (Å²) in [4.78, 5) is 10.5. The first-order chi connectivity index (χ1) is 11.3. The van der Waals surface area contributed by atoms with E-state index in [0.29, 0.717) is 0 Å². The second kappa shape index (κ2) is 17.0. The van der Waals surface area contributed by atoms with Gasteiger partial charge in [0.05, 0.1) is 0 Å². The summed E-state index contributed by atoms with van der Waals surface area (Å²) >= 11 is 0. The van der Waals surface area contributed by atoms with Gasteiger partial charge in [0.15, 0.2) is 0 Å². The van der Waals surface area contributed by atoms with Crippen molar-refractivity contribution in [3.8, 4) is 0 Å². The van der Waals surface area contributed by atoms with E-state index in [4.69, 9.17) is 15.6 Å². The topological polar surface area (TPSA) is 77.8 Å². The van der Waals surface area contributed by atoms with Gasteiger partial charge in [0, 0.05) is 6.08 Å². The third-order valence-corrected chi connectivity index (χ3v) is 4.51. The van der Waals surface area contributed by atoms with Crippen LogP contribution in [0.1, 0.15) is 92.4 Å². The van der Waals surface area contributed by atoms with E-state index in [1.165, 1.54) is 51.0 Å². The Morgan fingerprint density at radius 2 is 1.25 bits per heavy atom. The minimum absolute atomic E-state index is 0.764. The van der Waals surface area contributed by atoms with Gasteiger partial charge in [-0.2, -0.15) is 0 Å². The highest BCUT2D eigenvalue weighted by atomic mass is 17.0. The highest BCUT2D eigenvalue weighted by Crippen LogP contribution is 2.21. The Labute approximate surface area is 148 Å². The Balaban J connectivity index is 0. The van der Waals surface area contributed by atoms with Crippen molar-refractivity contribution < 1.29 is 20.4 Å². The van der Waals surface area contributed by atoms with Gasteiger partial charge in [0.2, 0.25) is 0 Å². The minimum atomic E-state index is -0.822. The van der Waals surface area contributed by atoms with Gasteiger partial charge in [-0.1, -0.05) is 78.2 Å². The van der Waals surface area contributed by atoms with Crippen LogP contribution in [-0.4, -0.2) is 21.6 Å². The zero-order valence-electron chi connectivity index (χ0n) is 16.4. The molecule has 0 aromatic rings. The van der Waals surface area contributed by atoms with Crippen LogP contribution in [0, 0.1) is 17.8 Å². The van der Waals surface area contributed by atoms with E-state index in [2.05, 4.69) is 27.7 Å². The van der Waals surface area contributed by atoms with Crippen molar-refractivity contribution in [3.05, 3.63) is 11.6 Å². The van der Waals surface area contributed by atoms with Crippen LogP contribution in [-0.2, 0) is 4.79 Å². The van der Waals surface area contributed by atoms with Crippen molar-refractivity contribution in [2.45, 2.75) is 92.4 Å². The zero-order chi connectivity index (χ0) is 19.0. The molecule has 4 heteroatoms. The number of rotatable bonds is 13. The molecule has 2 atom stereocenters. The van der Waals surface area contributed by atoms with E-state index in [1.807, 2.05) is 6.92 Å². The van der Waals surface area contributed by atoms with E-state index in [-0.39, 0.29) is 0 Å². The normalized spacial score (nSPS) is 14.1. The molecule has 144 valence electrons. The van der Waals surface area contributed by atoms with E-state index < -0.39 is 5.97 Å². The van der Waals surface area contributed by atoms with E-state index >= 15 is 0 Å². The Morgan fingerprint density at radius 1 is 0.833 bits per heavy atom. The molecule has 0 bridgehead atoms. The lowest BCUT2D eigenvalue weighted by Gasteiger charge is -2.15. The van der Waals surface area contributed by atoms with Crippen LogP contribution in [0.15, 0.2) is 11.6 Å². The van der Waals surface area contributed by atoms with E-state index in [0.717, 1.165) is 36.2 Å². The molecule has 0 aromatic heterocycles. The van der Waals surface area contributed by atoms with Crippen molar-refractivity contribution in [1.82, 2.24) is 0 Å². The first-order valence-corrected chi connectivity index (χ1v) is 9.41. The molecule has 0 rings (SSSR count). The molecule has 0 radical (unpaired) electrons. The van der Waals surface area contributed by atoms with Gasteiger partial charge < -0.3 is 5.11 Å². The van der Waals surface area contributed by atoms with Gasteiger partial charge in [-0.05, 0) is 37.5 Å². The lowest BCUT2D eigenvalue weighted by molar-refractivity contribution is -0.176. The number of allylic oxidation sites excluding steroid dienone is 1. The molecular formula is C20H40O4. The summed E-state index contributed by atoms with van der Waals surface area (Å²) in [5.41, 5.74) is 0.985. The van der Waals surface area contributed by atoms with Gasteiger partial charge in [-0.3, -0.25) is 10.5 Å². The molecule has 0 aliphatic heterocycles. The molecular weight excluding hydrogens is 304 g/mol. The highest BCUT2D eigenvalue weighted by Gasteiger charge is 2.06. The van der Waals surface area contributed by atoms with Gasteiger partial charge in [0.25, 0.3) is 0 Å². The van der Waals surface area contributed by atoms with Crippen molar-refractivity contribution in [2.24, 2.45) is 17.8 Å². The van der Waals surface area contributed by atoms with Crippen LogP contribution in [0.2, 0.25) is 0 Å². The molecule has 0 aliphatic carbocycles. The van der Waals surface area contributed by atoms with Crippen molar-refractivity contribution in [2.75, 3.05) is 0 Å². The Hall–Kier alpha value is -0.870. The Bertz CT molecular complexity index is 324. The third kappa shape index (κ3) is 19.2. The Morgan fingerprint density at radius 3 is 1.67 bits per heavy atom. The van der Waals surface area contributed by atoms with Crippen LogP contribution in [0.25, 0.3) is 0 Å². The molecule has 0 heterocycles. The van der Waals surface area contributed by atoms with Gasteiger partial charge in [-0.15, -0.1) is 0 Å². The lowest BCUT2D eigenvalue weighted by atomic mass is 9.91. The zero-order valence-corrected chi connectivity index (χ0v) is 16.4. The van der Waals surface area contributed by atoms with Crippen LogP contribution >= 0.6 is 0 Å². The number of carboxylic acid groups (broad SMARTS) is 1. The van der Waals surface area contributed by atoms with Crippen LogP contribution in [0.3, 0.4) is 0 Å². The quantitative estimate of drug-likeness (QED) is 0.203. The summed E-state index contributed by atoms with van der Waals surface area (Å²) in [5.74, 6) is 1.65.